The molecular formula is C12H9FI2N2. The standard InChI is InChI=1S/C12H9FI2N2/c13-7-5-12(10(16)6-9(7)15)17-11-4-2-1-3-8(11)14/h1-6,17H,16H2. The Morgan fingerprint density at radius 2 is 1.71 bits per heavy atom. The Labute approximate surface area is 126 Å². The average Bonchev–Trinajstić information content (AvgIpc) is 2.29. The minimum atomic E-state index is -0.270. The van der Waals surface area contributed by atoms with E-state index in [0.717, 1.165) is 9.26 Å². The molecule has 0 spiro atoms. The van der Waals surface area contributed by atoms with Crippen molar-refractivity contribution in [2.45, 2.75) is 0 Å². The molecule has 0 aromatic heterocycles. The van der Waals surface area contributed by atoms with Crippen molar-refractivity contribution in [3.8, 4) is 0 Å². The highest BCUT2D eigenvalue weighted by atomic mass is 127. The smallest absolute Gasteiger partial charge is 0.138 e. The molecule has 0 amide bonds. The molecule has 3 N–H and O–H groups in total. The van der Waals surface area contributed by atoms with Gasteiger partial charge in [0.2, 0.25) is 0 Å². The van der Waals surface area contributed by atoms with E-state index in [-0.39, 0.29) is 5.82 Å². The van der Waals surface area contributed by atoms with Crippen molar-refractivity contribution in [1.29, 1.82) is 0 Å². The third-order valence-electron chi connectivity index (χ3n) is 2.24. The first-order valence-electron chi connectivity index (χ1n) is 4.84. The lowest BCUT2D eigenvalue weighted by atomic mass is 10.2. The van der Waals surface area contributed by atoms with Gasteiger partial charge in [-0.15, -0.1) is 0 Å². The Hall–Kier alpha value is -0.570. The summed E-state index contributed by atoms with van der Waals surface area (Å²) in [5, 5.41) is 3.13. The first-order chi connectivity index (χ1) is 8.08. The lowest BCUT2D eigenvalue weighted by Gasteiger charge is -2.11. The van der Waals surface area contributed by atoms with Gasteiger partial charge in [-0.25, -0.2) is 4.39 Å². The van der Waals surface area contributed by atoms with Crippen LogP contribution in [0.5, 0.6) is 0 Å². The van der Waals surface area contributed by atoms with E-state index in [1.165, 1.54) is 6.07 Å². The monoisotopic (exact) mass is 454 g/mol. The lowest BCUT2D eigenvalue weighted by Crippen LogP contribution is -1.99. The zero-order chi connectivity index (χ0) is 12.4. The van der Waals surface area contributed by atoms with Crippen LogP contribution >= 0.6 is 45.2 Å². The van der Waals surface area contributed by atoms with E-state index in [1.807, 2.05) is 46.9 Å². The van der Waals surface area contributed by atoms with E-state index in [1.54, 1.807) is 6.07 Å². The number of hydrogen-bond donors (Lipinski definition) is 2. The topological polar surface area (TPSA) is 38.0 Å². The van der Waals surface area contributed by atoms with Gasteiger partial charge in [-0.2, -0.15) is 0 Å². The Balaban J connectivity index is 2.37. The summed E-state index contributed by atoms with van der Waals surface area (Å²) in [4.78, 5) is 0. The number of anilines is 3. The van der Waals surface area contributed by atoms with Crippen molar-refractivity contribution >= 4 is 62.2 Å². The van der Waals surface area contributed by atoms with Crippen LogP contribution in [0.15, 0.2) is 36.4 Å². The summed E-state index contributed by atoms with van der Waals surface area (Å²) in [5.41, 5.74) is 7.90. The molecule has 0 saturated heterocycles. The Bertz CT molecular complexity index is 558. The molecule has 2 nitrogen and oxygen atoms in total. The fraction of sp³-hybridized carbons (Fsp3) is 0. The van der Waals surface area contributed by atoms with E-state index in [0.29, 0.717) is 14.9 Å². The van der Waals surface area contributed by atoms with Gasteiger partial charge in [-0.1, -0.05) is 12.1 Å². The molecule has 0 unspecified atom stereocenters. The highest BCUT2D eigenvalue weighted by Crippen LogP contribution is 2.29. The number of benzene rings is 2. The molecule has 0 saturated carbocycles. The number of para-hydroxylation sites is 1. The highest BCUT2D eigenvalue weighted by Gasteiger charge is 2.07. The number of hydrogen-bond acceptors (Lipinski definition) is 2. The van der Waals surface area contributed by atoms with Crippen molar-refractivity contribution in [3.63, 3.8) is 0 Å². The number of halogens is 3. The predicted octanol–water partition coefficient (Wildman–Crippen LogP) is 4.36. The van der Waals surface area contributed by atoms with Crippen LogP contribution in [0, 0.1) is 13.0 Å². The third-order valence-corrected chi connectivity index (χ3v) is 4.00. The second-order valence-electron chi connectivity index (χ2n) is 3.46. The van der Waals surface area contributed by atoms with Gasteiger partial charge in [0, 0.05) is 9.64 Å². The molecule has 0 atom stereocenters. The largest absolute Gasteiger partial charge is 0.397 e. The van der Waals surface area contributed by atoms with Gasteiger partial charge in [0.05, 0.1) is 20.6 Å². The molecule has 0 fully saturated rings. The second-order valence-corrected chi connectivity index (χ2v) is 5.78. The zero-order valence-electron chi connectivity index (χ0n) is 8.68. The summed E-state index contributed by atoms with van der Waals surface area (Å²) in [5.74, 6) is -0.270. The maximum atomic E-state index is 13.5. The molecule has 88 valence electrons. The molecular weight excluding hydrogens is 445 g/mol. The van der Waals surface area contributed by atoms with Gasteiger partial charge in [-0.05, 0) is 63.4 Å². The van der Waals surface area contributed by atoms with E-state index < -0.39 is 0 Å². The van der Waals surface area contributed by atoms with Crippen molar-refractivity contribution in [1.82, 2.24) is 0 Å². The SMILES string of the molecule is Nc1cc(I)c(F)cc1Nc1ccccc1I. The van der Waals surface area contributed by atoms with Gasteiger partial charge in [-0.3, -0.25) is 0 Å². The summed E-state index contributed by atoms with van der Waals surface area (Å²) in [6.07, 6.45) is 0. The average molecular weight is 454 g/mol. The van der Waals surface area contributed by atoms with Gasteiger partial charge in [0.15, 0.2) is 0 Å². The number of nitrogens with one attached hydrogen (secondary N) is 1. The van der Waals surface area contributed by atoms with Crippen LogP contribution in [0.2, 0.25) is 0 Å². The van der Waals surface area contributed by atoms with Crippen molar-refractivity contribution in [2.24, 2.45) is 0 Å². The molecule has 5 heteroatoms. The van der Waals surface area contributed by atoms with Crippen molar-refractivity contribution < 1.29 is 4.39 Å². The first-order valence-corrected chi connectivity index (χ1v) is 7.00. The van der Waals surface area contributed by atoms with Crippen LogP contribution in [0.4, 0.5) is 21.5 Å². The summed E-state index contributed by atoms with van der Waals surface area (Å²) < 4.78 is 15.0. The van der Waals surface area contributed by atoms with E-state index in [4.69, 9.17) is 5.73 Å². The number of rotatable bonds is 2. The van der Waals surface area contributed by atoms with E-state index >= 15 is 0 Å². The molecule has 17 heavy (non-hydrogen) atoms. The van der Waals surface area contributed by atoms with E-state index in [9.17, 15) is 4.39 Å². The van der Waals surface area contributed by atoms with Crippen LogP contribution in [0.1, 0.15) is 0 Å². The first kappa shape index (κ1) is 12.9. The number of nitrogen functional groups attached to an aromatic ring is 1. The van der Waals surface area contributed by atoms with Crippen LogP contribution in [0.25, 0.3) is 0 Å². The highest BCUT2D eigenvalue weighted by molar-refractivity contribution is 14.1. The van der Waals surface area contributed by atoms with Crippen LogP contribution in [-0.4, -0.2) is 0 Å². The van der Waals surface area contributed by atoms with Gasteiger partial charge < -0.3 is 11.1 Å². The molecule has 0 aliphatic rings. The molecule has 2 rings (SSSR count). The molecule has 2 aromatic carbocycles. The van der Waals surface area contributed by atoms with Crippen LogP contribution in [-0.2, 0) is 0 Å². The molecule has 0 radical (unpaired) electrons. The Morgan fingerprint density at radius 3 is 2.41 bits per heavy atom. The molecule has 0 aliphatic carbocycles. The predicted molar refractivity (Wildman–Crippen MR) is 86.0 cm³/mol. The van der Waals surface area contributed by atoms with Gasteiger partial charge in [0.25, 0.3) is 0 Å². The maximum Gasteiger partial charge on any atom is 0.138 e. The molecule has 0 bridgehead atoms. The fourth-order valence-corrected chi connectivity index (χ4v) is 2.39. The van der Waals surface area contributed by atoms with Gasteiger partial charge >= 0.3 is 0 Å². The minimum absolute atomic E-state index is 0.270. The maximum absolute atomic E-state index is 13.5. The third kappa shape index (κ3) is 3.01. The second kappa shape index (κ2) is 5.38. The van der Waals surface area contributed by atoms with E-state index in [2.05, 4.69) is 27.9 Å². The fourth-order valence-electron chi connectivity index (χ4n) is 1.38. The van der Waals surface area contributed by atoms with Crippen LogP contribution in [0.3, 0.4) is 0 Å². The molecule has 2 aromatic rings. The normalized spacial score (nSPS) is 10.3. The quantitative estimate of drug-likeness (QED) is 0.523. The summed E-state index contributed by atoms with van der Waals surface area (Å²) in [6.45, 7) is 0. The van der Waals surface area contributed by atoms with Crippen molar-refractivity contribution in [3.05, 3.63) is 49.4 Å². The summed E-state index contributed by atoms with van der Waals surface area (Å²) in [7, 11) is 0. The number of nitrogens with two attached hydrogens (primary N) is 1. The zero-order valence-corrected chi connectivity index (χ0v) is 13.0. The van der Waals surface area contributed by atoms with Gasteiger partial charge in [0.1, 0.15) is 5.82 Å². The Morgan fingerprint density at radius 1 is 1.00 bits per heavy atom. The molecule has 0 heterocycles. The minimum Gasteiger partial charge on any atom is -0.397 e. The summed E-state index contributed by atoms with van der Waals surface area (Å²) >= 11 is 4.14. The van der Waals surface area contributed by atoms with Crippen molar-refractivity contribution in [2.75, 3.05) is 11.1 Å². The Kier molecular flexibility index (Phi) is 4.08. The summed E-state index contributed by atoms with van der Waals surface area (Å²) in [6, 6.07) is 10.8. The lowest BCUT2D eigenvalue weighted by molar-refractivity contribution is 0.621. The molecule has 0 aliphatic heterocycles. The van der Waals surface area contributed by atoms with Crippen LogP contribution < -0.4 is 11.1 Å².